The number of anilines is 2. The van der Waals surface area contributed by atoms with Crippen LogP contribution in [0.25, 0.3) is 0 Å². The average molecular weight is 482 g/mol. The number of rotatable bonds is 7. The van der Waals surface area contributed by atoms with Gasteiger partial charge in [-0.05, 0) is 68.3 Å². The van der Waals surface area contributed by atoms with Crippen LogP contribution >= 0.6 is 11.3 Å². The molecule has 34 heavy (non-hydrogen) atoms. The van der Waals surface area contributed by atoms with E-state index >= 15 is 0 Å². The molecule has 0 aliphatic carbocycles. The van der Waals surface area contributed by atoms with E-state index in [1.807, 2.05) is 31.2 Å². The lowest BCUT2D eigenvalue weighted by atomic mass is 9.99. The number of hydrogen-bond donors (Lipinski definition) is 2. The van der Waals surface area contributed by atoms with E-state index < -0.39 is 0 Å². The Kier molecular flexibility index (Phi) is 7.58. The Morgan fingerprint density at radius 2 is 1.71 bits per heavy atom. The third kappa shape index (κ3) is 5.82. The smallest absolute Gasteiger partial charge is 0.321 e. The van der Waals surface area contributed by atoms with E-state index in [4.69, 9.17) is 9.47 Å². The van der Waals surface area contributed by atoms with Crippen molar-refractivity contribution in [3.63, 3.8) is 0 Å². The van der Waals surface area contributed by atoms with Gasteiger partial charge in [0, 0.05) is 30.4 Å². The Morgan fingerprint density at radius 3 is 2.38 bits per heavy atom. The second-order valence-electron chi connectivity index (χ2n) is 7.80. The highest BCUT2D eigenvalue weighted by molar-refractivity contribution is 7.13. The molecule has 178 valence electrons. The van der Waals surface area contributed by atoms with Gasteiger partial charge in [-0.2, -0.15) is 0 Å². The largest absolute Gasteiger partial charge is 0.497 e. The van der Waals surface area contributed by atoms with Crippen LogP contribution in [0.3, 0.4) is 0 Å². The van der Waals surface area contributed by atoms with Crippen LogP contribution in [0.1, 0.15) is 40.5 Å². The van der Waals surface area contributed by atoms with Crippen molar-refractivity contribution >= 4 is 34.6 Å². The molecule has 1 aliphatic heterocycles. The first-order valence-electron chi connectivity index (χ1n) is 11.1. The Bertz CT molecular complexity index is 1120. The highest BCUT2D eigenvalue weighted by Crippen LogP contribution is 2.30. The molecule has 9 nitrogen and oxygen atoms in total. The summed E-state index contributed by atoms with van der Waals surface area (Å²) in [5.74, 6) is 1.21. The van der Waals surface area contributed by atoms with E-state index in [2.05, 4.69) is 20.8 Å². The number of methoxy groups -OCH3 is 1. The molecule has 1 aliphatic rings. The van der Waals surface area contributed by atoms with Gasteiger partial charge in [0.1, 0.15) is 16.5 Å². The van der Waals surface area contributed by atoms with E-state index in [1.54, 1.807) is 36.3 Å². The van der Waals surface area contributed by atoms with Crippen LogP contribution in [0, 0.1) is 0 Å². The van der Waals surface area contributed by atoms with Crippen molar-refractivity contribution in [1.29, 1.82) is 0 Å². The summed E-state index contributed by atoms with van der Waals surface area (Å²) in [6.45, 7) is 3.72. The SMILES string of the molecule is CCOc1ccc(NC(=O)N2CCC[C@@H](c3nnc(C(=O)Nc4ccc(OC)cc4)s3)C2)cc1. The zero-order chi connectivity index (χ0) is 23.9. The van der Waals surface area contributed by atoms with Crippen molar-refractivity contribution < 1.29 is 19.1 Å². The molecule has 0 unspecified atom stereocenters. The summed E-state index contributed by atoms with van der Waals surface area (Å²) in [6, 6.07) is 14.2. The van der Waals surface area contributed by atoms with Gasteiger partial charge in [-0.25, -0.2) is 4.79 Å². The van der Waals surface area contributed by atoms with E-state index in [0.717, 1.165) is 23.6 Å². The summed E-state index contributed by atoms with van der Waals surface area (Å²) in [7, 11) is 1.59. The van der Waals surface area contributed by atoms with Gasteiger partial charge in [0.15, 0.2) is 0 Å². The summed E-state index contributed by atoms with van der Waals surface area (Å²) in [4.78, 5) is 27.2. The maximum absolute atomic E-state index is 12.8. The molecule has 0 radical (unpaired) electrons. The van der Waals surface area contributed by atoms with Gasteiger partial charge >= 0.3 is 6.03 Å². The minimum absolute atomic E-state index is 0.0415. The molecule has 2 heterocycles. The zero-order valence-corrected chi connectivity index (χ0v) is 19.9. The number of hydrogen-bond acceptors (Lipinski definition) is 7. The van der Waals surface area contributed by atoms with Crippen LogP contribution in [-0.4, -0.2) is 53.8 Å². The lowest BCUT2D eigenvalue weighted by Gasteiger charge is -2.31. The molecule has 0 spiro atoms. The van der Waals surface area contributed by atoms with Crippen LogP contribution < -0.4 is 20.1 Å². The minimum Gasteiger partial charge on any atom is -0.497 e. The quantitative estimate of drug-likeness (QED) is 0.511. The number of carbonyl (C=O) groups excluding carboxylic acids is 2. The van der Waals surface area contributed by atoms with Crippen LogP contribution in [0.15, 0.2) is 48.5 Å². The Labute approximate surface area is 202 Å². The van der Waals surface area contributed by atoms with Crippen molar-refractivity contribution in [2.24, 2.45) is 0 Å². The van der Waals surface area contributed by atoms with Crippen molar-refractivity contribution in [3.05, 3.63) is 58.5 Å². The molecule has 2 N–H and O–H groups in total. The lowest BCUT2D eigenvalue weighted by molar-refractivity contribution is 0.102. The van der Waals surface area contributed by atoms with Crippen molar-refractivity contribution in [3.8, 4) is 11.5 Å². The number of urea groups is 1. The number of nitrogens with zero attached hydrogens (tertiary/aromatic N) is 3. The normalized spacial score (nSPS) is 15.5. The van der Waals surface area contributed by atoms with E-state index in [0.29, 0.717) is 41.8 Å². The number of ether oxygens (including phenoxy) is 2. The van der Waals surface area contributed by atoms with Gasteiger partial charge in [0.2, 0.25) is 5.01 Å². The number of benzene rings is 2. The first-order chi connectivity index (χ1) is 16.6. The fourth-order valence-electron chi connectivity index (χ4n) is 3.72. The summed E-state index contributed by atoms with van der Waals surface area (Å²) in [6.07, 6.45) is 1.75. The fraction of sp³-hybridized carbons (Fsp3) is 0.333. The standard InChI is InChI=1S/C24H27N5O4S/c1-3-33-20-12-8-18(9-13-20)26-24(31)29-14-4-5-16(15-29)22-27-28-23(34-22)21(30)25-17-6-10-19(32-2)11-7-17/h6-13,16H,3-5,14-15H2,1-2H3,(H,25,30)(H,26,31)/t16-/m1/s1. The molecule has 1 aromatic heterocycles. The van der Waals surface area contributed by atoms with E-state index in [-0.39, 0.29) is 17.9 Å². The Morgan fingerprint density at radius 1 is 1.03 bits per heavy atom. The van der Waals surface area contributed by atoms with Gasteiger partial charge in [0.25, 0.3) is 5.91 Å². The van der Waals surface area contributed by atoms with Crippen LogP contribution in [0.2, 0.25) is 0 Å². The van der Waals surface area contributed by atoms with Gasteiger partial charge in [0.05, 0.1) is 13.7 Å². The molecule has 2 aromatic carbocycles. The molecule has 0 saturated carbocycles. The Hall–Kier alpha value is -3.66. The predicted molar refractivity (Wildman–Crippen MR) is 131 cm³/mol. The highest BCUT2D eigenvalue weighted by atomic mass is 32.1. The van der Waals surface area contributed by atoms with Gasteiger partial charge in [-0.3, -0.25) is 4.79 Å². The molecule has 3 amide bonds. The number of aromatic nitrogens is 2. The molecule has 10 heteroatoms. The molecule has 1 saturated heterocycles. The van der Waals surface area contributed by atoms with E-state index in [1.165, 1.54) is 11.3 Å². The number of nitrogens with one attached hydrogen (secondary N) is 2. The van der Waals surface area contributed by atoms with Crippen LogP contribution in [-0.2, 0) is 0 Å². The lowest BCUT2D eigenvalue weighted by Crippen LogP contribution is -2.41. The monoisotopic (exact) mass is 481 g/mol. The summed E-state index contributed by atoms with van der Waals surface area (Å²) in [5.41, 5.74) is 1.36. The predicted octanol–water partition coefficient (Wildman–Crippen LogP) is 4.61. The third-order valence-corrected chi connectivity index (χ3v) is 6.54. The Balaban J connectivity index is 1.34. The third-order valence-electron chi connectivity index (χ3n) is 5.46. The van der Waals surface area contributed by atoms with Crippen LogP contribution in [0.4, 0.5) is 16.2 Å². The molecule has 3 aromatic rings. The summed E-state index contributed by atoms with van der Waals surface area (Å²) in [5, 5.41) is 15.1. The maximum Gasteiger partial charge on any atom is 0.321 e. The van der Waals surface area contributed by atoms with Crippen molar-refractivity contribution in [1.82, 2.24) is 15.1 Å². The minimum atomic E-state index is -0.310. The maximum atomic E-state index is 12.8. The molecule has 0 bridgehead atoms. The second kappa shape index (κ2) is 11.0. The first kappa shape index (κ1) is 23.5. The van der Waals surface area contributed by atoms with Crippen LogP contribution in [0.5, 0.6) is 11.5 Å². The highest BCUT2D eigenvalue weighted by Gasteiger charge is 2.28. The molecular formula is C24H27N5O4S. The van der Waals surface area contributed by atoms with Crippen molar-refractivity contribution in [2.75, 3.05) is 37.4 Å². The molecular weight excluding hydrogens is 454 g/mol. The average Bonchev–Trinajstić information content (AvgIpc) is 3.37. The van der Waals surface area contributed by atoms with Gasteiger partial charge < -0.3 is 25.0 Å². The topological polar surface area (TPSA) is 106 Å². The molecule has 4 rings (SSSR count). The molecule has 1 fully saturated rings. The second-order valence-corrected chi connectivity index (χ2v) is 8.81. The van der Waals surface area contributed by atoms with Gasteiger partial charge in [-0.1, -0.05) is 11.3 Å². The number of carbonyl (C=O) groups is 2. The first-order valence-corrected chi connectivity index (χ1v) is 11.9. The van der Waals surface area contributed by atoms with E-state index in [9.17, 15) is 9.59 Å². The number of amides is 3. The zero-order valence-electron chi connectivity index (χ0n) is 19.1. The summed E-state index contributed by atoms with van der Waals surface area (Å²) >= 11 is 1.27. The number of piperidine rings is 1. The summed E-state index contributed by atoms with van der Waals surface area (Å²) < 4.78 is 10.6. The number of likely N-dealkylation sites (tertiary alicyclic amines) is 1. The molecule has 1 atom stereocenters. The van der Waals surface area contributed by atoms with Crippen molar-refractivity contribution in [2.45, 2.75) is 25.7 Å². The fourth-order valence-corrected chi connectivity index (χ4v) is 4.58. The van der Waals surface area contributed by atoms with Gasteiger partial charge in [-0.15, -0.1) is 10.2 Å².